The fourth-order valence-electron chi connectivity index (χ4n) is 4.03. The van der Waals surface area contributed by atoms with Crippen LogP contribution in [0.2, 0.25) is 0 Å². The predicted octanol–water partition coefficient (Wildman–Crippen LogP) is 4.05. The molecule has 1 N–H and O–H groups in total. The van der Waals surface area contributed by atoms with E-state index >= 15 is 0 Å². The summed E-state index contributed by atoms with van der Waals surface area (Å²) in [5, 5.41) is 10.6. The highest BCUT2D eigenvalue weighted by molar-refractivity contribution is 5.78. The lowest BCUT2D eigenvalue weighted by atomic mass is 10.0. The molecule has 1 aliphatic heterocycles. The number of carbonyl (C=O) groups excluding carboxylic acids is 2. The van der Waals surface area contributed by atoms with Crippen molar-refractivity contribution in [3.63, 3.8) is 0 Å². The minimum Gasteiger partial charge on any atom is -0.444 e. The van der Waals surface area contributed by atoms with Gasteiger partial charge < -0.3 is 15.0 Å². The topological polar surface area (TPSA) is 89.4 Å². The number of ether oxygens (including phenoxy) is 1. The molecule has 0 saturated heterocycles. The van der Waals surface area contributed by atoms with Gasteiger partial charge in [-0.2, -0.15) is 0 Å². The van der Waals surface area contributed by atoms with E-state index in [-0.39, 0.29) is 37.4 Å². The SMILES string of the molecule is CC(C)(C)OC(=O)NC(CC(=O)N1Cc2ccccc2-n2nncc2C1)Cc1cc(F)c(F)cc1F. The lowest BCUT2D eigenvalue weighted by Crippen LogP contribution is -2.43. The van der Waals surface area contributed by atoms with Crippen molar-refractivity contribution in [2.24, 2.45) is 0 Å². The molecule has 190 valence electrons. The first-order chi connectivity index (χ1) is 17.0. The number of para-hydroxylation sites is 1. The second-order valence-electron chi connectivity index (χ2n) is 9.62. The summed E-state index contributed by atoms with van der Waals surface area (Å²) in [6.07, 6.45) is 0.265. The van der Waals surface area contributed by atoms with Crippen molar-refractivity contribution in [1.82, 2.24) is 25.2 Å². The molecule has 0 bridgehead atoms. The van der Waals surface area contributed by atoms with Gasteiger partial charge in [0, 0.05) is 25.1 Å². The molecular weight excluding hydrogens is 475 g/mol. The summed E-state index contributed by atoms with van der Waals surface area (Å²) >= 11 is 0. The Bertz CT molecular complexity index is 1290. The van der Waals surface area contributed by atoms with Gasteiger partial charge in [-0.1, -0.05) is 23.4 Å². The van der Waals surface area contributed by atoms with E-state index in [0.29, 0.717) is 11.8 Å². The molecule has 2 amide bonds. The number of hydrogen-bond acceptors (Lipinski definition) is 5. The third-order valence-corrected chi connectivity index (χ3v) is 5.60. The first-order valence-corrected chi connectivity index (χ1v) is 11.4. The minimum absolute atomic E-state index is 0.175. The van der Waals surface area contributed by atoms with Gasteiger partial charge in [-0.3, -0.25) is 4.79 Å². The summed E-state index contributed by atoms with van der Waals surface area (Å²) in [4.78, 5) is 27.5. The highest BCUT2D eigenvalue weighted by Crippen LogP contribution is 2.24. The Hall–Kier alpha value is -3.89. The number of carbonyl (C=O) groups is 2. The predicted molar refractivity (Wildman–Crippen MR) is 123 cm³/mol. The van der Waals surface area contributed by atoms with Gasteiger partial charge in [-0.05, 0) is 50.5 Å². The molecule has 1 aromatic heterocycles. The van der Waals surface area contributed by atoms with Crippen LogP contribution in [0.15, 0.2) is 42.6 Å². The second-order valence-corrected chi connectivity index (χ2v) is 9.62. The maximum atomic E-state index is 14.4. The van der Waals surface area contributed by atoms with Gasteiger partial charge in [-0.15, -0.1) is 5.10 Å². The number of halogens is 3. The molecule has 36 heavy (non-hydrogen) atoms. The highest BCUT2D eigenvalue weighted by Gasteiger charge is 2.28. The van der Waals surface area contributed by atoms with Crippen molar-refractivity contribution in [3.05, 3.63) is 76.9 Å². The summed E-state index contributed by atoms with van der Waals surface area (Å²) in [6, 6.07) is 7.68. The van der Waals surface area contributed by atoms with Crippen molar-refractivity contribution in [1.29, 1.82) is 0 Å². The fourth-order valence-corrected chi connectivity index (χ4v) is 4.03. The van der Waals surface area contributed by atoms with Crippen LogP contribution in [-0.4, -0.2) is 43.5 Å². The maximum absolute atomic E-state index is 14.4. The van der Waals surface area contributed by atoms with Crippen LogP contribution in [0.4, 0.5) is 18.0 Å². The van der Waals surface area contributed by atoms with Gasteiger partial charge in [-0.25, -0.2) is 22.6 Å². The molecule has 1 unspecified atom stereocenters. The first kappa shape index (κ1) is 25.2. The standard InChI is InChI=1S/C25H26F3N5O3/c1-25(2,3)36-24(35)30-17(8-16-9-20(27)21(28)11-19(16)26)10-23(34)32-13-15-6-4-5-7-22(15)33-18(14-32)12-29-31-33/h4-7,9,11-12,17H,8,10,13-14H2,1-3H3,(H,30,35). The number of amides is 2. The summed E-state index contributed by atoms with van der Waals surface area (Å²) in [5.74, 6) is -3.87. The number of alkyl carbamates (subject to hydrolysis) is 1. The van der Waals surface area contributed by atoms with E-state index in [4.69, 9.17) is 4.74 Å². The summed E-state index contributed by atoms with van der Waals surface area (Å²) in [6.45, 7) is 5.51. The smallest absolute Gasteiger partial charge is 0.407 e. The van der Waals surface area contributed by atoms with E-state index in [1.54, 1.807) is 36.5 Å². The van der Waals surface area contributed by atoms with Crippen LogP contribution in [0.3, 0.4) is 0 Å². The lowest BCUT2D eigenvalue weighted by molar-refractivity contribution is -0.133. The third kappa shape index (κ3) is 5.84. The molecule has 0 fully saturated rings. The summed E-state index contributed by atoms with van der Waals surface area (Å²) in [7, 11) is 0. The van der Waals surface area contributed by atoms with E-state index in [1.165, 1.54) is 0 Å². The third-order valence-electron chi connectivity index (χ3n) is 5.60. The van der Waals surface area contributed by atoms with E-state index in [2.05, 4.69) is 15.6 Å². The average molecular weight is 502 g/mol. The Morgan fingerprint density at radius 3 is 2.56 bits per heavy atom. The summed E-state index contributed by atoms with van der Waals surface area (Å²) < 4.78 is 48.5. The zero-order valence-electron chi connectivity index (χ0n) is 20.1. The molecule has 2 aromatic carbocycles. The Morgan fingerprint density at radius 1 is 1.08 bits per heavy atom. The van der Waals surface area contributed by atoms with Gasteiger partial charge in [0.05, 0.1) is 24.1 Å². The molecule has 11 heteroatoms. The number of fused-ring (bicyclic) bond motifs is 3. The second kappa shape index (κ2) is 10.00. The maximum Gasteiger partial charge on any atom is 0.407 e. The van der Waals surface area contributed by atoms with E-state index in [1.807, 2.05) is 24.3 Å². The van der Waals surface area contributed by atoms with Crippen molar-refractivity contribution < 1.29 is 27.5 Å². The van der Waals surface area contributed by atoms with Crippen LogP contribution in [0.1, 0.15) is 44.0 Å². The molecule has 0 radical (unpaired) electrons. The molecule has 4 rings (SSSR count). The Labute approximate surface area is 206 Å². The normalized spacial score (nSPS) is 13.9. The van der Waals surface area contributed by atoms with Crippen LogP contribution in [0.5, 0.6) is 0 Å². The van der Waals surface area contributed by atoms with E-state index < -0.39 is 35.2 Å². The number of benzene rings is 2. The van der Waals surface area contributed by atoms with E-state index in [9.17, 15) is 22.8 Å². The first-order valence-electron chi connectivity index (χ1n) is 11.4. The molecule has 0 saturated carbocycles. The Balaban J connectivity index is 1.58. The van der Waals surface area contributed by atoms with Gasteiger partial charge in [0.25, 0.3) is 0 Å². The number of rotatable bonds is 5. The van der Waals surface area contributed by atoms with Crippen LogP contribution in [0, 0.1) is 17.5 Å². The molecule has 8 nitrogen and oxygen atoms in total. The number of nitrogens with one attached hydrogen (secondary N) is 1. The van der Waals surface area contributed by atoms with Crippen LogP contribution < -0.4 is 5.32 Å². The highest BCUT2D eigenvalue weighted by atomic mass is 19.2. The Morgan fingerprint density at radius 2 is 1.81 bits per heavy atom. The molecule has 2 heterocycles. The molecule has 1 aliphatic rings. The van der Waals surface area contributed by atoms with Crippen molar-refractivity contribution in [3.8, 4) is 5.69 Å². The molecule has 3 aromatic rings. The zero-order valence-corrected chi connectivity index (χ0v) is 20.1. The van der Waals surface area contributed by atoms with Gasteiger partial charge >= 0.3 is 6.09 Å². The zero-order chi connectivity index (χ0) is 26.0. The monoisotopic (exact) mass is 501 g/mol. The number of hydrogen-bond donors (Lipinski definition) is 1. The largest absolute Gasteiger partial charge is 0.444 e. The molecule has 0 aliphatic carbocycles. The van der Waals surface area contributed by atoms with Crippen LogP contribution in [-0.2, 0) is 29.0 Å². The number of aromatic nitrogens is 3. The molecule has 0 spiro atoms. The van der Waals surface area contributed by atoms with Crippen molar-refractivity contribution in [2.75, 3.05) is 0 Å². The summed E-state index contributed by atoms with van der Waals surface area (Å²) in [5.41, 5.74) is 1.35. The van der Waals surface area contributed by atoms with Crippen molar-refractivity contribution >= 4 is 12.0 Å². The average Bonchev–Trinajstić information content (AvgIpc) is 3.17. The quantitative estimate of drug-likeness (QED) is 0.533. The fraction of sp³-hybridized carbons (Fsp3) is 0.360. The van der Waals surface area contributed by atoms with Crippen LogP contribution in [0.25, 0.3) is 5.69 Å². The van der Waals surface area contributed by atoms with Gasteiger partial charge in [0.2, 0.25) is 5.91 Å². The van der Waals surface area contributed by atoms with E-state index in [0.717, 1.165) is 17.3 Å². The minimum atomic E-state index is -1.32. The van der Waals surface area contributed by atoms with Crippen LogP contribution >= 0.6 is 0 Å². The molecular formula is C25H26F3N5O3. The van der Waals surface area contributed by atoms with Crippen molar-refractivity contribution in [2.45, 2.75) is 58.3 Å². The molecule has 1 atom stereocenters. The number of nitrogens with zero attached hydrogens (tertiary/aromatic N) is 4. The van der Waals surface area contributed by atoms with Gasteiger partial charge in [0.1, 0.15) is 11.4 Å². The van der Waals surface area contributed by atoms with Gasteiger partial charge in [0.15, 0.2) is 11.6 Å². The lowest BCUT2D eigenvalue weighted by Gasteiger charge is -2.26. The Kier molecular flexibility index (Phi) is 7.00.